The molecule has 21 heavy (non-hydrogen) atoms. The van der Waals surface area contributed by atoms with Crippen molar-refractivity contribution in [2.45, 2.75) is 38.2 Å². The molecule has 0 aromatic rings. The molecule has 0 amide bonds. The largest absolute Gasteiger partial charge is 0.481 e. The van der Waals surface area contributed by atoms with Gasteiger partial charge in [0.15, 0.2) is 0 Å². The van der Waals surface area contributed by atoms with Gasteiger partial charge < -0.3 is 20.5 Å². The van der Waals surface area contributed by atoms with Crippen LogP contribution in [0.4, 0.5) is 13.2 Å². The van der Waals surface area contributed by atoms with E-state index >= 15 is 0 Å². The second-order valence-electron chi connectivity index (χ2n) is 5.69. The van der Waals surface area contributed by atoms with E-state index in [1.165, 1.54) is 0 Å². The van der Waals surface area contributed by atoms with Crippen molar-refractivity contribution in [1.82, 2.24) is 5.32 Å². The first kappa shape index (κ1) is 18.3. The fraction of sp³-hybridized carbons (Fsp3) is 0.917. The van der Waals surface area contributed by atoms with Gasteiger partial charge in [0.25, 0.3) is 0 Å². The van der Waals surface area contributed by atoms with E-state index in [0.29, 0.717) is 25.7 Å². The lowest BCUT2D eigenvalue weighted by Gasteiger charge is -2.34. The van der Waals surface area contributed by atoms with Crippen molar-refractivity contribution in [3.8, 4) is 0 Å². The van der Waals surface area contributed by atoms with Crippen LogP contribution in [-0.2, 0) is 4.79 Å². The summed E-state index contributed by atoms with van der Waals surface area (Å²) in [5, 5.41) is 29.1. The molecule has 1 rings (SSSR count). The maximum absolute atomic E-state index is 12.1. The number of carboxylic acid groups (broad SMARTS) is 1. The Kier molecular flexibility index (Phi) is 6.95. The Morgan fingerprint density at radius 1 is 1.29 bits per heavy atom. The summed E-state index contributed by atoms with van der Waals surface area (Å²) in [6.45, 7) is -1.08. The van der Waals surface area contributed by atoms with Crippen LogP contribution in [0, 0.1) is 17.8 Å². The fourth-order valence-corrected chi connectivity index (χ4v) is 2.91. The van der Waals surface area contributed by atoms with Crippen molar-refractivity contribution in [2.75, 3.05) is 13.1 Å². The summed E-state index contributed by atoms with van der Waals surface area (Å²) in [4.78, 5) is 11.3. The molecule has 2 unspecified atom stereocenters. The Balaban J connectivity index is 2.45. The molecular weight excluding hydrogens is 290 g/mol. The van der Waals surface area contributed by atoms with Crippen LogP contribution in [0.1, 0.15) is 25.7 Å². The third-order valence-electron chi connectivity index (χ3n) is 3.98. The molecule has 122 valence electrons. The molecule has 0 aromatic heterocycles. The van der Waals surface area contributed by atoms with Gasteiger partial charge in [-0.05, 0) is 37.5 Å². The van der Waals surface area contributed by atoms with Crippen LogP contribution in [0.5, 0.6) is 0 Å². The van der Waals surface area contributed by atoms with E-state index in [1.807, 2.05) is 0 Å². The maximum Gasteiger partial charge on any atom is 0.451 e. The van der Waals surface area contributed by atoms with Crippen LogP contribution >= 0.6 is 0 Å². The molecule has 1 aliphatic carbocycles. The average Bonchev–Trinajstić information content (AvgIpc) is 2.35. The van der Waals surface area contributed by atoms with Gasteiger partial charge in [-0.3, -0.25) is 4.79 Å². The number of carboxylic acids is 1. The smallest absolute Gasteiger partial charge is 0.451 e. The number of nitrogens with one attached hydrogen (secondary N) is 1. The van der Waals surface area contributed by atoms with E-state index in [0.717, 1.165) is 0 Å². The summed E-state index contributed by atoms with van der Waals surface area (Å²) in [6.07, 6.45) is -1.98. The summed E-state index contributed by atoms with van der Waals surface area (Å²) < 4.78 is 36.2. The van der Waals surface area contributed by atoms with Crippen molar-refractivity contribution in [3.05, 3.63) is 0 Å². The Morgan fingerprint density at radius 3 is 2.48 bits per heavy atom. The zero-order chi connectivity index (χ0) is 16.0. The van der Waals surface area contributed by atoms with E-state index in [-0.39, 0.29) is 24.7 Å². The second-order valence-corrected chi connectivity index (χ2v) is 5.69. The summed E-state index contributed by atoms with van der Waals surface area (Å²) in [5.74, 6) is -1.92. The number of halogens is 3. The lowest BCUT2D eigenvalue weighted by molar-refractivity contribution is -0.145. The molecule has 0 heterocycles. The minimum absolute atomic E-state index is 0.0336. The minimum atomic E-state index is -4.30. The summed E-state index contributed by atoms with van der Waals surface area (Å²) in [7, 11) is -1.40. The van der Waals surface area contributed by atoms with Gasteiger partial charge in [-0.15, -0.1) is 0 Å². The molecule has 3 atom stereocenters. The number of hydrogen-bond donors (Lipinski definition) is 4. The number of aliphatic carboxylic acids is 1. The van der Waals surface area contributed by atoms with Crippen molar-refractivity contribution in [1.29, 1.82) is 0 Å². The third-order valence-corrected chi connectivity index (χ3v) is 3.98. The van der Waals surface area contributed by atoms with Gasteiger partial charge >= 0.3 is 19.3 Å². The van der Waals surface area contributed by atoms with Gasteiger partial charge in [-0.25, -0.2) is 0 Å². The SMILES string of the molecule is O=C(O)[C@H]1CC(CCB(O)O)CCC1CNCC(F)(F)F. The molecule has 0 bridgehead atoms. The highest BCUT2D eigenvalue weighted by Crippen LogP contribution is 2.36. The van der Waals surface area contributed by atoms with Crippen molar-refractivity contribution in [3.63, 3.8) is 0 Å². The maximum atomic E-state index is 12.1. The first-order chi connectivity index (χ1) is 9.69. The van der Waals surface area contributed by atoms with E-state index in [9.17, 15) is 23.1 Å². The predicted molar refractivity (Wildman–Crippen MR) is 70.5 cm³/mol. The molecule has 0 aromatic carbocycles. The van der Waals surface area contributed by atoms with Gasteiger partial charge in [0.2, 0.25) is 0 Å². The van der Waals surface area contributed by atoms with Crippen LogP contribution in [-0.4, -0.2) is 47.5 Å². The molecule has 9 heteroatoms. The Morgan fingerprint density at radius 2 is 1.95 bits per heavy atom. The zero-order valence-electron chi connectivity index (χ0n) is 11.6. The minimum Gasteiger partial charge on any atom is -0.481 e. The van der Waals surface area contributed by atoms with Gasteiger partial charge in [0.1, 0.15) is 0 Å². The van der Waals surface area contributed by atoms with E-state index in [4.69, 9.17) is 10.0 Å². The van der Waals surface area contributed by atoms with Crippen molar-refractivity contribution < 1.29 is 33.1 Å². The molecule has 1 aliphatic rings. The molecule has 5 nitrogen and oxygen atoms in total. The quantitative estimate of drug-likeness (QED) is 0.529. The first-order valence-corrected chi connectivity index (χ1v) is 7.05. The van der Waals surface area contributed by atoms with Crippen molar-refractivity contribution in [2.24, 2.45) is 17.8 Å². The molecule has 0 spiro atoms. The van der Waals surface area contributed by atoms with Gasteiger partial charge in [-0.1, -0.05) is 12.8 Å². The van der Waals surface area contributed by atoms with Crippen LogP contribution in [0.3, 0.4) is 0 Å². The Labute approximate surface area is 121 Å². The van der Waals surface area contributed by atoms with E-state index in [2.05, 4.69) is 5.32 Å². The molecule has 4 N–H and O–H groups in total. The lowest BCUT2D eigenvalue weighted by Crippen LogP contribution is -2.40. The fourth-order valence-electron chi connectivity index (χ4n) is 2.91. The number of rotatable bonds is 7. The normalized spacial score (nSPS) is 26.6. The van der Waals surface area contributed by atoms with Crippen LogP contribution in [0.2, 0.25) is 6.32 Å². The monoisotopic (exact) mass is 311 g/mol. The topological polar surface area (TPSA) is 89.8 Å². The predicted octanol–water partition coefficient (Wildman–Crippen LogP) is 1.12. The van der Waals surface area contributed by atoms with Crippen molar-refractivity contribution >= 4 is 13.1 Å². The van der Waals surface area contributed by atoms with Crippen LogP contribution in [0.25, 0.3) is 0 Å². The summed E-state index contributed by atoms with van der Waals surface area (Å²) >= 11 is 0. The lowest BCUT2D eigenvalue weighted by atomic mass is 9.70. The average molecular weight is 311 g/mol. The summed E-state index contributed by atoms with van der Waals surface area (Å²) in [5.41, 5.74) is 0. The molecule has 0 aliphatic heterocycles. The highest BCUT2D eigenvalue weighted by atomic mass is 19.4. The molecule has 1 saturated carbocycles. The standard InChI is InChI=1S/C12H21BF3NO4/c14-12(15,16)7-17-6-9-2-1-8(3-4-13(20)21)5-10(9)11(18)19/h8-10,17,20-21H,1-7H2,(H,18,19)/t8?,9?,10-/m0/s1. The zero-order valence-corrected chi connectivity index (χ0v) is 11.6. The molecule has 1 fully saturated rings. The number of alkyl halides is 3. The third kappa shape index (κ3) is 7.15. The van der Waals surface area contributed by atoms with Gasteiger partial charge in [-0.2, -0.15) is 13.2 Å². The molecule has 0 saturated heterocycles. The highest BCUT2D eigenvalue weighted by Gasteiger charge is 2.36. The molecule has 0 radical (unpaired) electrons. The summed E-state index contributed by atoms with van der Waals surface area (Å²) in [6, 6.07) is 0. The number of hydrogen-bond acceptors (Lipinski definition) is 4. The second kappa shape index (κ2) is 8.00. The van der Waals surface area contributed by atoms with Crippen LogP contribution < -0.4 is 5.32 Å². The van der Waals surface area contributed by atoms with E-state index in [1.54, 1.807) is 0 Å². The molecular formula is C12H21BF3NO4. The van der Waals surface area contributed by atoms with Gasteiger partial charge in [0, 0.05) is 0 Å². The highest BCUT2D eigenvalue weighted by molar-refractivity contribution is 6.40. The number of carbonyl (C=O) groups is 1. The van der Waals surface area contributed by atoms with E-state index < -0.39 is 31.7 Å². The van der Waals surface area contributed by atoms with Gasteiger partial charge in [0.05, 0.1) is 12.5 Å². The first-order valence-electron chi connectivity index (χ1n) is 7.05. The van der Waals surface area contributed by atoms with Crippen LogP contribution in [0.15, 0.2) is 0 Å². The Hall–Kier alpha value is -0.795. The Bertz CT molecular complexity index is 341.